The molecule has 0 aliphatic heterocycles. The van der Waals surface area contributed by atoms with Gasteiger partial charge in [0.25, 0.3) is 0 Å². The number of guanidine groups is 1. The fraction of sp³-hybridized carbons (Fsp3) is 0.222. The van der Waals surface area contributed by atoms with Crippen LogP contribution < -0.4 is 11.5 Å². The molecule has 0 heterocycles. The molecular formula is C9H11Cl2N3. The first-order chi connectivity index (χ1) is 6.61. The number of rotatable bonds is 3. The Labute approximate surface area is 92.7 Å². The van der Waals surface area contributed by atoms with Gasteiger partial charge in [0.15, 0.2) is 5.96 Å². The summed E-state index contributed by atoms with van der Waals surface area (Å²) in [7, 11) is 0. The molecule has 14 heavy (non-hydrogen) atoms. The van der Waals surface area contributed by atoms with E-state index in [0.717, 1.165) is 5.56 Å². The normalized spacial score (nSPS) is 9.86. The number of hydrogen-bond acceptors (Lipinski definition) is 1. The molecule has 76 valence electrons. The second-order valence-electron chi connectivity index (χ2n) is 2.76. The maximum Gasteiger partial charge on any atom is 0.185 e. The molecule has 0 unspecified atom stereocenters. The van der Waals surface area contributed by atoms with Gasteiger partial charge < -0.3 is 11.5 Å². The summed E-state index contributed by atoms with van der Waals surface area (Å²) in [5, 5.41) is 1.28. The summed E-state index contributed by atoms with van der Waals surface area (Å²) in [6.07, 6.45) is 0.635. The minimum Gasteiger partial charge on any atom is -0.370 e. The van der Waals surface area contributed by atoms with Crippen molar-refractivity contribution in [1.82, 2.24) is 0 Å². The van der Waals surface area contributed by atoms with Crippen molar-refractivity contribution >= 4 is 29.2 Å². The van der Waals surface area contributed by atoms with E-state index in [1.54, 1.807) is 18.2 Å². The monoisotopic (exact) mass is 231 g/mol. The van der Waals surface area contributed by atoms with Crippen LogP contribution in [0.2, 0.25) is 10.0 Å². The van der Waals surface area contributed by atoms with Crippen LogP contribution in [0.1, 0.15) is 5.56 Å². The lowest BCUT2D eigenvalue weighted by Crippen LogP contribution is -2.23. The largest absolute Gasteiger partial charge is 0.370 e. The van der Waals surface area contributed by atoms with Crippen LogP contribution in [0.3, 0.4) is 0 Å². The van der Waals surface area contributed by atoms with Gasteiger partial charge in [-0.25, -0.2) is 0 Å². The third kappa shape index (κ3) is 3.09. The van der Waals surface area contributed by atoms with Crippen LogP contribution in [0.4, 0.5) is 0 Å². The molecule has 1 rings (SSSR count). The van der Waals surface area contributed by atoms with Gasteiger partial charge in [-0.05, 0) is 24.1 Å². The molecule has 3 nitrogen and oxygen atoms in total. The van der Waals surface area contributed by atoms with Gasteiger partial charge in [0, 0.05) is 16.6 Å². The number of nitrogens with zero attached hydrogens (tertiary/aromatic N) is 1. The van der Waals surface area contributed by atoms with Crippen molar-refractivity contribution in [3.63, 3.8) is 0 Å². The lowest BCUT2D eigenvalue weighted by molar-refractivity contribution is 0.963. The van der Waals surface area contributed by atoms with E-state index in [0.29, 0.717) is 23.0 Å². The van der Waals surface area contributed by atoms with Gasteiger partial charge in [0.1, 0.15) is 0 Å². The van der Waals surface area contributed by atoms with E-state index in [1.807, 2.05) is 0 Å². The van der Waals surface area contributed by atoms with Gasteiger partial charge in [0.2, 0.25) is 0 Å². The summed E-state index contributed by atoms with van der Waals surface area (Å²) in [4.78, 5) is 3.86. The van der Waals surface area contributed by atoms with Gasteiger partial charge in [-0.3, -0.25) is 4.99 Å². The summed E-state index contributed by atoms with van der Waals surface area (Å²) in [6.45, 7) is 0.492. The first-order valence-electron chi connectivity index (χ1n) is 4.09. The smallest absolute Gasteiger partial charge is 0.185 e. The highest BCUT2D eigenvalue weighted by molar-refractivity contribution is 6.35. The van der Waals surface area contributed by atoms with E-state index in [-0.39, 0.29) is 5.96 Å². The third-order valence-corrected chi connectivity index (χ3v) is 2.43. The topological polar surface area (TPSA) is 64.4 Å². The highest BCUT2D eigenvalue weighted by atomic mass is 35.5. The van der Waals surface area contributed by atoms with Crippen LogP contribution in [-0.4, -0.2) is 12.5 Å². The fourth-order valence-electron chi connectivity index (χ4n) is 1.07. The Bertz CT molecular complexity index is 326. The molecule has 0 saturated heterocycles. The average molecular weight is 232 g/mol. The van der Waals surface area contributed by atoms with Gasteiger partial charge >= 0.3 is 0 Å². The SMILES string of the molecule is NC(N)=NCCc1c(Cl)cccc1Cl. The fourth-order valence-corrected chi connectivity index (χ4v) is 1.65. The zero-order chi connectivity index (χ0) is 10.6. The highest BCUT2D eigenvalue weighted by Crippen LogP contribution is 2.24. The molecule has 0 aromatic heterocycles. The van der Waals surface area contributed by atoms with E-state index in [2.05, 4.69) is 4.99 Å². The molecule has 0 amide bonds. The van der Waals surface area contributed by atoms with Crippen molar-refractivity contribution in [2.75, 3.05) is 6.54 Å². The van der Waals surface area contributed by atoms with Crippen LogP contribution >= 0.6 is 23.2 Å². The summed E-state index contributed by atoms with van der Waals surface area (Å²) in [5.41, 5.74) is 11.3. The molecule has 0 aliphatic carbocycles. The zero-order valence-electron chi connectivity index (χ0n) is 7.50. The summed E-state index contributed by atoms with van der Waals surface area (Å²) in [5.74, 6) is 0.0770. The Morgan fingerprint density at radius 1 is 1.21 bits per heavy atom. The van der Waals surface area contributed by atoms with Gasteiger partial charge in [-0.15, -0.1) is 0 Å². The Morgan fingerprint density at radius 2 is 1.79 bits per heavy atom. The van der Waals surface area contributed by atoms with E-state index >= 15 is 0 Å². The number of halogens is 2. The second kappa shape index (κ2) is 5.08. The van der Waals surface area contributed by atoms with E-state index in [1.165, 1.54) is 0 Å². The minimum atomic E-state index is 0.0770. The molecule has 1 aromatic carbocycles. The number of hydrogen-bond donors (Lipinski definition) is 2. The molecule has 0 radical (unpaired) electrons. The van der Waals surface area contributed by atoms with Crippen molar-refractivity contribution in [3.05, 3.63) is 33.8 Å². The number of nitrogens with two attached hydrogens (primary N) is 2. The van der Waals surface area contributed by atoms with E-state index < -0.39 is 0 Å². The molecule has 0 saturated carbocycles. The van der Waals surface area contributed by atoms with Crippen LogP contribution in [0.5, 0.6) is 0 Å². The molecule has 0 fully saturated rings. The maximum absolute atomic E-state index is 5.95. The number of benzene rings is 1. The average Bonchev–Trinajstić information content (AvgIpc) is 2.09. The Morgan fingerprint density at radius 3 is 2.29 bits per heavy atom. The van der Waals surface area contributed by atoms with Crippen molar-refractivity contribution in [2.24, 2.45) is 16.5 Å². The highest BCUT2D eigenvalue weighted by Gasteiger charge is 2.03. The van der Waals surface area contributed by atoms with Crippen molar-refractivity contribution < 1.29 is 0 Å². The van der Waals surface area contributed by atoms with E-state index in [4.69, 9.17) is 34.7 Å². The Kier molecular flexibility index (Phi) is 4.04. The predicted molar refractivity (Wildman–Crippen MR) is 60.8 cm³/mol. The molecule has 5 heteroatoms. The van der Waals surface area contributed by atoms with Gasteiger partial charge in [-0.1, -0.05) is 29.3 Å². The number of aliphatic imine (C=N–C) groups is 1. The Hall–Kier alpha value is -0.930. The third-order valence-electron chi connectivity index (χ3n) is 1.72. The zero-order valence-corrected chi connectivity index (χ0v) is 9.02. The molecule has 4 N–H and O–H groups in total. The quantitative estimate of drug-likeness (QED) is 0.616. The second-order valence-corrected chi connectivity index (χ2v) is 3.57. The maximum atomic E-state index is 5.95. The first-order valence-corrected chi connectivity index (χ1v) is 4.85. The van der Waals surface area contributed by atoms with Crippen LogP contribution in [0.15, 0.2) is 23.2 Å². The minimum absolute atomic E-state index is 0.0770. The van der Waals surface area contributed by atoms with Crippen LogP contribution in [-0.2, 0) is 6.42 Å². The van der Waals surface area contributed by atoms with Crippen LogP contribution in [0, 0.1) is 0 Å². The van der Waals surface area contributed by atoms with Crippen LogP contribution in [0.25, 0.3) is 0 Å². The first kappa shape index (κ1) is 11.1. The van der Waals surface area contributed by atoms with Crippen molar-refractivity contribution in [2.45, 2.75) is 6.42 Å². The Balaban J connectivity index is 2.71. The molecule has 0 spiro atoms. The molecular weight excluding hydrogens is 221 g/mol. The lowest BCUT2D eigenvalue weighted by Gasteiger charge is -2.04. The van der Waals surface area contributed by atoms with Crippen molar-refractivity contribution in [1.29, 1.82) is 0 Å². The van der Waals surface area contributed by atoms with Gasteiger partial charge in [-0.2, -0.15) is 0 Å². The molecule has 1 aromatic rings. The van der Waals surface area contributed by atoms with E-state index in [9.17, 15) is 0 Å². The van der Waals surface area contributed by atoms with Crippen molar-refractivity contribution in [3.8, 4) is 0 Å². The lowest BCUT2D eigenvalue weighted by atomic mass is 10.1. The van der Waals surface area contributed by atoms with Gasteiger partial charge in [0.05, 0.1) is 0 Å². The molecule has 0 aliphatic rings. The molecule has 0 bridgehead atoms. The summed E-state index contributed by atoms with van der Waals surface area (Å²) >= 11 is 11.9. The summed E-state index contributed by atoms with van der Waals surface area (Å²) < 4.78 is 0. The summed E-state index contributed by atoms with van der Waals surface area (Å²) in [6, 6.07) is 5.38. The standard InChI is InChI=1S/C9H11Cl2N3/c10-7-2-1-3-8(11)6(7)4-5-14-9(12)13/h1-3H,4-5H2,(H4,12,13,14). The predicted octanol–water partition coefficient (Wildman–Crippen LogP) is 1.81. The molecule has 0 atom stereocenters.